The molecular weight excluding hydrogens is 284 g/mol. The number of nitrogen functional groups attached to an aromatic ring is 1. The van der Waals surface area contributed by atoms with Crippen LogP contribution in [0.3, 0.4) is 0 Å². The van der Waals surface area contributed by atoms with Crippen LogP contribution < -0.4 is 5.73 Å². The van der Waals surface area contributed by atoms with Crippen molar-refractivity contribution in [1.29, 1.82) is 5.41 Å². The van der Waals surface area contributed by atoms with Crippen molar-refractivity contribution in [3.63, 3.8) is 0 Å². The predicted molar refractivity (Wildman–Crippen MR) is 75.3 cm³/mol. The maximum atomic E-state index is 7.36. The Balaban J connectivity index is 2.87. The van der Waals surface area contributed by atoms with Crippen LogP contribution in [0.15, 0.2) is 27.6 Å². The molecule has 0 heterocycles. The maximum absolute atomic E-state index is 7.36. The normalized spacial score (nSPS) is 12.8. The SMILES string of the molecule is CC(C)C(C)Sc1ccc(C(=N)N)cc1Br. The topological polar surface area (TPSA) is 49.9 Å². The average Bonchev–Trinajstić information content (AvgIpc) is 2.20. The van der Waals surface area contributed by atoms with Gasteiger partial charge < -0.3 is 5.73 Å². The molecule has 0 aliphatic heterocycles. The molecule has 0 amide bonds. The van der Waals surface area contributed by atoms with E-state index in [0.29, 0.717) is 11.2 Å². The minimum absolute atomic E-state index is 0.106. The van der Waals surface area contributed by atoms with Crippen molar-refractivity contribution in [2.45, 2.75) is 30.9 Å². The van der Waals surface area contributed by atoms with Gasteiger partial charge in [0.1, 0.15) is 5.84 Å². The summed E-state index contributed by atoms with van der Waals surface area (Å²) in [5.74, 6) is 0.749. The molecule has 1 aromatic rings. The minimum atomic E-state index is 0.106. The summed E-state index contributed by atoms with van der Waals surface area (Å²) in [4.78, 5) is 1.20. The lowest BCUT2D eigenvalue weighted by atomic mass is 10.2. The zero-order valence-corrected chi connectivity index (χ0v) is 12.2. The van der Waals surface area contributed by atoms with Gasteiger partial charge in [-0.2, -0.15) is 0 Å². The third-order valence-electron chi connectivity index (χ3n) is 2.49. The van der Waals surface area contributed by atoms with E-state index in [1.165, 1.54) is 4.90 Å². The van der Waals surface area contributed by atoms with Crippen LogP contribution in [0.1, 0.15) is 26.3 Å². The molecule has 0 aliphatic carbocycles. The Morgan fingerprint density at radius 1 is 1.38 bits per heavy atom. The standard InChI is InChI=1S/C12H17BrN2S/c1-7(2)8(3)16-11-5-4-9(12(14)15)6-10(11)13/h4-8H,1-3H3,(H3,14,15). The van der Waals surface area contributed by atoms with Crippen molar-refractivity contribution in [1.82, 2.24) is 0 Å². The van der Waals surface area contributed by atoms with Crippen molar-refractivity contribution in [3.8, 4) is 0 Å². The van der Waals surface area contributed by atoms with E-state index in [1.807, 2.05) is 30.0 Å². The molecule has 2 nitrogen and oxygen atoms in total. The number of amidine groups is 1. The Morgan fingerprint density at radius 3 is 2.44 bits per heavy atom. The monoisotopic (exact) mass is 300 g/mol. The largest absolute Gasteiger partial charge is 0.384 e. The summed E-state index contributed by atoms with van der Waals surface area (Å²) in [7, 11) is 0. The summed E-state index contributed by atoms with van der Waals surface area (Å²) < 4.78 is 1.01. The molecule has 0 spiro atoms. The van der Waals surface area contributed by atoms with Gasteiger partial charge in [-0.3, -0.25) is 5.41 Å². The number of rotatable bonds is 4. The first kappa shape index (κ1) is 13.6. The molecule has 0 fully saturated rings. The predicted octanol–water partition coefficient (Wildman–Crippen LogP) is 3.87. The second-order valence-corrected chi connectivity index (χ2v) is 6.40. The summed E-state index contributed by atoms with van der Waals surface area (Å²) in [6.45, 7) is 6.66. The van der Waals surface area contributed by atoms with Crippen molar-refractivity contribution in [3.05, 3.63) is 28.2 Å². The molecule has 0 radical (unpaired) electrons. The highest BCUT2D eigenvalue weighted by molar-refractivity contribution is 9.10. The number of thioether (sulfide) groups is 1. The van der Waals surface area contributed by atoms with Gasteiger partial charge in [-0.05, 0) is 34.0 Å². The van der Waals surface area contributed by atoms with Crippen molar-refractivity contribution < 1.29 is 0 Å². The molecule has 0 saturated carbocycles. The Morgan fingerprint density at radius 2 is 2.00 bits per heavy atom. The van der Waals surface area contributed by atoms with Crippen LogP contribution in [0.2, 0.25) is 0 Å². The molecule has 3 N–H and O–H groups in total. The second kappa shape index (κ2) is 5.73. The zero-order chi connectivity index (χ0) is 12.3. The van der Waals surface area contributed by atoms with E-state index in [2.05, 4.69) is 36.7 Å². The van der Waals surface area contributed by atoms with Crippen LogP contribution in [0.4, 0.5) is 0 Å². The first-order valence-corrected chi connectivity index (χ1v) is 6.89. The van der Waals surface area contributed by atoms with Gasteiger partial charge in [0.15, 0.2) is 0 Å². The van der Waals surface area contributed by atoms with Crippen LogP contribution in [-0.2, 0) is 0 Å². The first-order valence-electron chi connectivity index (χ1n) is 5.22. The van der Waals surface area contributed by atoms with Gasteiger partial charge in [0.2, 0.25) is 0 Å². The number of hydrogen-bond donors (Lipinski definition) is 2. The number of halogens is 1. The van der Waals surface area contributed by atoms with Gasteiger partial charge in [0.05, 0.1) is 0 Å². The zero-order valence-electron chi connectivity index (χ0n) is 9.75. The van der Waals surface area contributed by atoms with Gasteiger partial charge >= 0.3 is 0 Å². The highest BCUT2D eigenvalue weighted by Gasteiger charge is 2.11. The van der Waals surface area contributed by atoms with Gasteiger partial charge in [0, 0.05) is 20.2 Å². The summed E-state index contributed by atoms with van der Waals surface area (Å²) in [6, 6.07) is 5.81. The lowest BCUT2D eigenvalue weighted by Crippen LogP contribution is -2.11. The summed E-state index contributed by atoms with van der Waals surface area (Å²) in [6.07, 6.45) is 0. The van der Waals surface area contributed by atoms with E-state index >= 15 is 0 Å². The van der Waals surface area contributed by atoms with Crippen molar-refractivity contribution >= 4 is 33.5 Å². The molecule has 0 bridgehead atoms. The van der Waals surface area contributed by atoms with Gasteiger partial charge in [-0.1, -0.05) is 26.8 Å². The number of hydrogen-bond acceptors (Lipinski definition) is 2. The molecule has 1 unspecified atom stereocenters. The van der Waals surface area contributed by atoms with Crippen LogP contribution >= 0.6 is 27.7 Å². The highest BCUT2D eigenvalue weighted by atomic mass is 79.9. The molecule has 1 aromatic carbocycles. The lowest BCUT2D eigenvalue weighted by Gasteiger charge is -2.16. The van der Waals surface area contributed by atoms with Crippen LogP contribution in [0, 0.1) is 11.3 Å². The van der Waals surface area contributed by atoms with Gasteiger partial charge in [-0.15, -0.1) is 11.8 Å². The minimum Gasteiger partial charge on any atom is -0.384 e. The fourth-order valence-electron chi connectivity index (χ4n) is 1.10. The van der Waals surface area contributed by atoms with E-state index in [0.717, 1.165) is 10.0 Å². The van der Waals surface area contributed by atoms with Crippen molar-refractivity contribution in [2.75, 3.05) is 0 Å². The third-order valence-corrected chi connectivity index (χ3v) is 4.94. The molecule has 16 heavy (non-hydrogen) atoms. The fraction of sp³-hybridized carbons (Fsp3) is 0.417. The number of benzene rings is 1. The van der Waals surface area contributed by atoms with E-state index in [1.54, 1.807) is 0 Å². The number of nitrogens with one attached hydrogen (secondary N) is 1. The smallest absolute Gasteiger partial charge is 0.122 e. The van der Waals surface area contributed by atoms with Crippen LogP contribution in [0.25, 0.3) is 0 Å². The lowest BCUT2D eigenvalue weighted by molar-refractivity contribution is 0.642. The molecule has 1 atom stereocenters. The summed E-state index contributed by atoms with van der Waals surface area (Å²) >= 11 is 5.36. The maximum Gasteiger partial charge on any atom is 0.122 e. The van der Waals surface area contributed by atoms with Crippen LogP contribution in [0.5, 0.6) is 0 Å². The molecule has 0 aliphatic rings. The van der Waals surface area contributed by atoms with E-state index in [4.69, 9.17) is 11.1 Å². The third kappa shape index (κ3) is 3.52. The Labute approximate surface area is 110 Å². The molecule has 0 saturated heterocycles. The van der Waals surface area contributed by atoms with Gasteiger partial charge in [-0.25, -0.2) is 0 Å². The molecule has 88 valence electrons. The number of nitrogens with two attached hydrogens (primary N) is 1. The molecule has 1 rings (SSSR count). The van der Waals surface area contributed by atoms with Gasteiger partial charge in [0.25, 0.3) is 0 Å². The van der Waals surface area contributed by atoms with E-state index < -0.39 is 0 Å². The quantitative estimate of drug-likeness (QED) is 0.504. The van der Waals surface area contributed by atoms with E-state index in [9.17, 15) is 0 Å². The Hall–Kier alpha value is -0.480. The second-order valence-electron chi connectivity index (χ2n) is 4.13. The molecule has 4 heteroatoms. The molecule has 0 aromatic heterocycles. The first-order chi connectivity index (χ1) is 7.41. The molecular formula is C12H17BrN2S. The Kier molecular flexibility index (Phi) is 4.87. The Bertz CT molecular complexity index is 391. The summed E-state index contributed by atoms with van der Waals surface area (Å²) in [5, 5.41) is 7.93. The highest BCUT2D eigenvalue weighted by Crippen LogP contribution is 2.33. The van der Waals surface area contributed by atoms with E-state index in [-0.39, 0.29) is 5.84 Å². The van der Waals surface area contributed by atoms with Crippen molar-refractivity contribution in [2.24, 2.45) is 11.7 Å². The summed E-state index contributed by atoms with van der Waals surface area (Å²) in [5.41, 5.74) is 6.20. The van der Waals surface area contributed by atoms with Crippen LogP contribution in [-0.4, -0.2) is 11.1 Å². The fourth-order valence-corrected chi connectivity index (χ4v) is 2.75. The average molecular weight is 301 g/mol.